The summed E-state index contributed by atoms with van der Waals surface area (Å²) in [7, 11) is 0. The highest BCUT2D eigenvalue weighted by Crippen LogP contribution is 2.42. The average molecular weight is 395 g/mol. The van der Waals surface area contributed by atoms with Crippen LogP contribution >= 0.6 is 0 Å². The second-order valence-electron chi connectivity index (χ2n) is 5.53. The van der Waals surface area contributed by atoms with Crippen molar-refractivity contribution in [1.29, 1.82) is 0 Å². The highest BCUT2D eigenvalue weighted by molar-refractivity contribution is 5.88. The van der Waals surface area contributed by atoms with E-state index in [2.05, 4.69) is 4.74 Å². The van der Waals surface area contributed by atoms with Crippen molar-refractivity contribution in [2.75, 3.05) is 20.0 Å². The molecular formula is C13H18FN3O10. The van der Waals surface area contributed by atoms with Gasteiger partial charge < -0.3 is 35.1 Å². The summed E-state index contributed by atoms with van der Waals surface area (Å²) in [5, 5.41) is 49.7. The van der Waals surface area contributed by atoms with Gasteiger partial charge in [-0.3, -0.25) is 9.78 Å². The van der Waals surface area contributed by atoms with Gasteiger partial charge in [-0.2, -0.15) is 0 Å². The van der Waals surface area contributed by atoms with E-state index in [-0.39, 0.29) is 11.2 Å². The van der Waals surface area contributed by atoms with Crippen LogP contribution in [0.5, 0.6) is 0 Å². The summed E-state index contributed by atoms with van der Waals surface area (Å²) in [6.07, 6.45) is -3.67. The molecule has 0 spiro atoms. The molecule has 0 amide bonds. The number of nitrogens with one attached hydrogen (secondary N) is 1. The van der Waals surface area contributed by atoms with Crippen molar-refractivity contribution in [2.45, 2.75) is 30.8 Å². The number of rotatable bonds is 6. The third-order valence-corrected chi connectivity index (χ3v) is 4.01. The normalized spacial score (nSPS) is 30.7. The lowest BCUT2D eigenvalue weighted by molar-refractivity contribution is -0.416. The van der Waals surface area contributed by atoms with Crippen LogP contribution in [0.2, 0.25) is 0 Å². The van der Waals surface area contributed by atoms with Crippen LogP contribution < -0.4 is 11.2 Å². The van der Waals surface area contributed by atoms with Crippen molar-refractivity contribution in [3.63, 3.8) is 0 Å². The molecule has 0 bridgehead atoms. The minimum atomic E-state index is -3.43. The number of halogens is 1. The molecule has 0 radical (unpaired) electrons. The molecule has 0 aromatic carbocycles. The van der Waals surface area contributed by atoms with Crippen LogP contribution in [0.15, 0.2) is 15.8 Å². The van der Waals surface area contributed by atoms with Crippen LogP contribution in [0.25, 0.3) is 0 Å². The van der Waals surface area contributed by atoms with Crippen LogP contribution in [0, 0.1) is 0 Å². The van der Waals surface area contributed by atoms with Gasteiger partial charge >= 0.3 is 17.6 Å². The van der Waals surface area contributed by atoms with Gasteiger partial charge in [0.25, 0.3) is 5.56 Å². The smallest absolute Gasteiger partial charge is 0.345 e. The SMILES string of the molecule is CCOC(=O)c1cn([C@@]2(O)O[C@H](CO)[C@@H](O)[C@]2(O)N(O)CF)c(=O)[nH]c1=O. The number of aromatic nitrogens is 2. The highest BCUT2D eigenvalue weighted by atomic mass is 19.1. The molecule has 2 rings (SSSR count). The number of nitrogens with zero attached hydrogens (tertiary/aromatic N) is 2. The Bertz CT molecular complexity index is 827. The maximum atomic E-state index is 13.0. The van der Waals surface area contributed by atoms with Gasteiger partial charge in [-0.25, -0.2) is 18.5 Å². The van der Waals surface area contributed by atoms with Gasteiger partial charge in [-0.15, -0.1) is 5.06 Å². The summed E-state index contributed by atoms with van der Waals surface area (Å²) in [6, 6.07) is 0. The zero-order valence-electron chi connectivity index (χ0n) is 13.9. The lowest BCUT2D eigenvalue weighted by Crippen LogP contribution is -2.68. The maximum absolute atomic E-state index is 13.0. The summed E-state index contributed by atoms with van der Waals surface area (Å²) in [5.74, 6) is -4.63. The molecule has 1 aliphatic heterocycles. The van der Waals surface area contributed by atoms with E-state index < -0.39 is 65.1 Å². The first-order valence-electron chi connectivity index (χ1n) is 7.56. The Kier molecular flexibility index (Phi) is 5.81. The first-order chi connectivity index (χ1) is 12.6. The Morgan fingerprint density at radius 2 is 2.11 bits per heavy atom. The van der Waals surface area contributed by atoms with E-state index >= 15 is 0 Å². The lowest BCUT2D eigenvalue weighted by atomic mass is 10.0. The van der Waals surface area contributed by atoms with Crippen molar-refractivity contribution >= 4 is 5.97 Å². The quantitative estimate of drug-likeness (QED) is 0.120. The van der Waals surface area contributed by atoms with Gasteiger partial charge in [-0.05, 0) is 6.92 Å². The van der Waals surface area contributed by atoms with Crippen molar-refractivity contribution in [1.82, 2.24) is 14.6 Å². The summed E-state index contributed by atoms with van der Waals surface area (Å²) < 4.78 is 22.5. The van der Waals surface area contributed by atoms with Crippen molar-refractivity contribution in [3.8, 4) is 0 Å². The average Bonchev–Trinajstić information content (AvgIpc) is 2.83. The molecule has 0 saturated carbocycles. The maximum Gasteiger partial charge on any atom is 0.345 e. The fourth-order valence-corrected chi connectivity index (χ4v) is 2.65. The first-order valence-corrected chi connectivity index (χ1v) is 7.56. The van der Waals surface area contributed by atoms with Gasteiger partial charge in [0.2, 0.25) is 5.72 Å². The number of hydrogen-bond donors (Lipinski definition) is 6. The Hall–Kier alpha value is -2.20. The molecule has 152 valence electrons. The Labute approximate surface area is 149 Å². The van der Waals surface area contributed by atoms with Gasteiger partial charge in [0.15, 0.2) is 6.80 Å². The van der Waals surface area contributed by atoms with E-state index in [1.807, 2.05) is 0 Å². The van der Waals surface area contributed by atoms with E-state index in [0.29, 0.717) is 6.20 Å². The largest absolute Gasteiger partial charge is 0.462 e. The predicted octanol–water partition coefficient (Wildman–Crippen LogP) is -3.63. The molecule has 14 heteroatoms. The Morgan fingerprint density at radius 3 is 2.63 bits per heavy atom. The summed E-state index contributed by atoms with van der Waals surface area (Å²) in [5.41, 5.74) is -6.87. The van der Waals surface area contributed by atoms with E-state index in [4.69, 9.17) is 4.74 Å². The minimum Gasteiger partial charge on any atom is -0.462 e. The molecule has 13 nitrogen and oxygen atoms in total. The van der Waals surface area contributed by atoms with Crippen LogP contribution in [-0.4, -0.2) is 84.2 Å². The van der Waals surface area contributed by atoms with E-state index in [1.165, 1.54) is 6.92 Å². The van der Waals surface area contributed by atoms with Crippen LogP contribution in [-0.2, 0) is 15.4 Å². The number of carbonyl (C=O) groups excluding carboxylic acids is 1. The van der Waals surface area contributed by atoms with Gasteiger partial charge in [0.1, 0.15) is 17.8 Å². The van der Waals surface area contributed by atoms with Gasteiger partial charge in [0, 0.05) is 6.20 Å². The standard InChI is InChI=1S/C13H18FN3O10/c1-2-26-10(21)6-3-16(11(22)15-9(6)20)13(24)12(23,17(25)5-14)8(19)7(4-18)27-13/h3,7-8,18-19,23-25H,2,4-5H2,1H3,(H,15,20,22)/t7-,8-,12-,13+/m1/s1. The number of hydrogen-bond acceptors (Lipinski definition) is 11. The minimum absolute atomic E-state index is 0.0401. The fourth-order valence-electron chi connectivity index (χ4n) is 2.65. The number of H-pyrrole nitrogens is 1. The van der Waals surface area contributed by atoms with Crippen molar-refractivity contribution in [3.05, 3.63) is 32.6 Å². The van der Waals surface area contributed by atoms with Gasteiger partial charge in [0.05, 0.1) is 13.2 Å². The van der Waals surface area contributed by atoms with E-state index in [0.717, 1.165) is 0 Å². The molecule has 1 aromatic heterocycles. The zero-order chi connectivity index (χ0) is 20.6. The molecule has 6 N–H and O–H groups in total. The number of aromatic amines is 1. The third-order valence-electron chi connectivity index (χ3n) is 4.01. The summed E-state index contributed by atoms with van der Waals surface area (Å²) in [4.78, 5) is 37.4. The predicted molar refractivity (Wildman–Crippen MR) is 80.0 cm³/mol. The number of hydroxylamine groups is 2. The molecule has 0 unspecified atom stereocenters. The monoisotopic (exact) mass is 395 g/mol. The molecule has 2 heterocycles. The number of carbonyl (C=O) groups is 1. The topological polar surface area (TPSA) is 195 Å². The number of ether oxygens (including phenoxy) is 2. The highest BCUT2D eigenvalue weighted by Gasteiger charge is 2.70. The summed E-state index contributed by atoms with van der Waals surface area (Å²) >= 11 is 0. The molecule has 1 aromatic rings. The lowest BCUT2D eigenvalue weighted by Gasteiger charge is -2.40. The van der Waals surface area contributed by atoms with Crippen molar-refractivity contribution in [2.24, 2.45) is 0 Å². The Morgan fingerprint density at radius 1 is 1.48 bits per heavy atom. The summed E-state index contributed by atoms with van der Waals surface area (Å²) in [6.45, 7) is -1.57. The number of alkyl halides is 1. The molecule has 0 aliphatic carbocycles. The molecule has 4 atom stereocenters. The molecule has 1 aliphatic rings. The van der Waals surface area contributed by atoms with Crippen LogP contribution in [0.4, 0.5) is 4.39 Å². The van der Waals surface area contributed by atoms with Crippen molar-refractivity contribution < 1.29 is 44.3 Å². The van der Waals surface area contributed by atoms with Gasteiger partial charge in [-0.1, -0.05) is 0 Å². The number of aliphatic hydroxyl groups excluding tert-OH is 2. The van der Waals surface area contributed by atoms with E-state index in [9.17, 15) is 44.4 Å². The Balaban J connectivity index is 2.73. The van der Waals surface area contributed by atoms with E-state index in [1.54, 1.807) is 4.98 Å². The number of aliphatic hydroxyl groups is 4. The number of esters is 1. The first kappa shape index (κ1) is 21.1. The zero-order valence-corrected chi connectivity index (χ0v) is 13.9. The third kappa shape index (κ3) is 3.06. The fraction of sp³-hybridized carbons (Fsp3) is 0.615. The second-order valence-corrected chi connectivity index (χ2v) is 5.53. The molecule has 27 heavy (non-hydrogen) atoms. The second kappa shape index (κ2) is 7.43. The molecular weight excluding hydrogens is 377 g/mol. The molecule has 1 fully saturated rings. The molecule has 1 saturated heterocycles. The van der Waals surface area contributed by atoms with Crippen LogP contribution in [0.3, 0.4) is 0 Å². The van der Waals surface area contributed by atoms with Crippen LogP contribution in [0.1, 0.15) is 17.3 Å².